The number of fused-ring (bicyclic) bond motifs is 5. The summed E-state index contributed by atoms with van der Waals surface area (Å²) in [5.41, 5.74) is 1.87. The molecule has 1 unspecified atom stereocenters. The summed E-state index contributed by atoms with van der Waals surface area (Å²) in [4.78, 5) is 13.2. The number of quaternary nitrogens is 1. The van der Waals surface area contributed by atoms with Crippen molar-refractivity contribution in [3.63, 3.8) is 0 Å². The van der Waals surface area contributed by atoms with Crippen LogP contribution in [0.2, 0.25) is 5.02 Å². The Morgan fingerprint density at radius 3 is 2.72 bits per heavy atom. The zero-order valence-corrected chi connectivity index (χ0v) is 18.9. The Labute approximate surface area is 180 Å². The van der Waals surface area contributed by atoms with Crippen LogP contribution in [0, 0.1) is 28.6 Å². The molecule has 3 saturated carbocycles. The SMILES string of the molecule is C[C@@]12CCC[C@H]1[C@@H]1CC[C@@H]3[C@](C)(C=CC(=O)[N+]3(C)Cc3cccc(Cl)c3)[C@H]1CC2. The van der Waals surface area contributed by atoms with Crippen LogP contribution >= 0.6 is 11.6 Å². The van der Waals surface area contributed by atoms with Crippen molar-refractivity contribution in [2.75, 3.05) is 7.05 Å². The summed E-state index contributed by atoms with van der Waals surface area (Å²) >= 11 is 6.26. The van der Waals surface area contributed by atoms with Gasteiger partial charge in [0.25, 0.3) is 0 Å². The van der Waals surface area contributed by atoms with Crippen molar-refractivity contribution < 1.29 is 9.28 Å². The van der Waals surface area contributed by atoms with Gasteiger partial charge in [0.1, 0.15) is 12.6 Å². The molecule has 2 nitrogen and oxygen atoms in total. The number of carbonyl (C=O) groups is 1. The fourth-order valence-corrected chi connectivity index (χ4v) is 8.49. The van der Waals surface area contributed by atoms with Gasteiger partial charge in [-0.05, 0) is 67.4 Å². The lowest BCUT2D eigenvalue weighted by atomic mass is 9.48. The van der Waals surface area contributed by atoms with Gasteiger partial charge in [0.05, 0.1) is 7.05 Å². The van der Waals surface area contributed by atoms with Gasteiger partial charge in [-0.3, -0.25) is 4.48 Å². The van der Waals surface area contributed by atoms with Crippen LogP contribution in [0.25, 0.3) is 0 Å². The third-order valence-electron chi connectivity index (χ3n) is 9.69. The molecule has 1 amide bonds. The summed E-state index contributed by atoms with van der Waals surface area (Å²) in [6.45, 7) is 5.78. The van der Waals surface area contributed by atoms with Crippen molar-refractivity contribution >= 4 is 17.5 Å². The van der Waals surface area contributed by atoms with Gasteiger partial charge in [-0.1, -0.05) is 50.1 Å². The molecule has 0 radical (unpaired) electrons. The van der Waals surface area contributed by atoms with E-state index in [1.54, 1.807) is 0 Å². The minimum atomic E-state index is 0.119. The number of hydrogen-bond donors (Lipinski definition) is 0. The monoisotopic (exact) mass is 412 g/mol. The van der Waals surface area contributed by atoms with Gasteiger partial charge in [0, 0.05) is 28.5 Å². The van der Waals surface area contributed by atoms with Crippen LogP contribution in [-0.4, -0.2) is 23.5 Å². The molecule has 3 fully saturated rings. The maximum Gasteiger partial charge on any atom is 0.338 e. The van der Waals surface area contributed by atoms with E-state index in [4.69, 9.17) is 11.6 Å². The van der Waals surface area contributed by atoms with Crippen LogP contribution in [0.5, 0.6) is 0 Å². The number of halogens is 1. The first-order valence-electron chi connectivity index (χ1n) is 11.6. The summed E-state index contributed by atoms with van der Waals surface area (Å²) in [5.74, 6) is 2.72. The van der Waals surface area contributed by atoms with Gasteiger partial charge in [0.2, 0.25) is 0 Å². The van der Waals surface area contributed by atoms with E-state index in [2.05, 4.69) is 33.0 Å². The maximum absolute atomic E-state index is 13.2. The molecule has 1 heterocycles. The lowest BCUT2D eigenvalue weighted by molar-refractivity contribution is -0.882. The standard InChI is InChI=1S/C26H35ClNO/c1-25-13-5-8-21(25)20-9-10-23-26(2,22(20)11-14-25)15-12-24(29)28(23,3)17-18-6-4-7-19(27)16-18/h4,6-7,12,15-16,20-23H,5,8-11,13-14,17H2,1-3H3/q+1/t20-,21-,22-,23+,25-,26+,28?/m0/s1. The lowest BCUT2D eigenvalue weighted by Gasteiger charge is -2.60. The first-order valence-corrected chi connectivity index (χ1v) is 12.0. The molecule has 0 N–H and O–H groups in total. The number of likely N-dealkylation sites (N-methyl/N-ethyl adjacent to an activating group) is 1. The van der Waals surface area contributed by atoms with Crippen LogP contribution in [0.15, 0.2) is 36.4 Å². The number of nitrogens with zero attached hydrogens (tertiary/aromatic N) is 1. The van der Waals surface area contributed by atoms with Gasteiger partial charge >= 0.3 is 5.91 Å². The molecule has 4 aliphatic rings. The van der Waals surface area contributed by atoms with E-state index in [0.717, 1.165) is 35.7 Å². The van der Waals surface area contributed by atoms with E-state index in [-0.39, 0.29) is 11.3 Å². The third kappa shape index (κ3) is 2.89. The zero-order chi connectivity index (χ0) is 20.4. The Balaban J connectivity index is 1.50. The average Bonchev–Trinajstić information content (AvgIpc) is 3.07. The molecule has 1 aliphatic heterocycles. The topological polar surface area (TPSA) is 17.1 Å². The largest absolute Gasteiger partial charge is 0.338 e. The Bertz CT molecular complexity index is 864. The van der Waals surface area contributed by atoms with Gasteiger partial charge in [-0.2, -0.15) is 0 Å². The molecule has 7 atom stereocenters. The predicted octanol–water partition coefficient (Wildman–Crippen LogP) is 6.38. The molecule has 5 rings (SSSR count). The van der Waals surface area contributed by atoms with Crippen molar-refractivity contribution in [3.8, 4) is 0 Å². The number of amides is 1. The van der Waals surface area contributed by atoms with Crippen LogP contribution < -0.4 is 0 Å². The Morgan fingerprint density at radius 2 is 1.93 bits per heavy atom. The van der Waals surface area contributed by atoms with Crippen LogP contribution in [0.1, 0.15) is 64.4 Å². The molecule has 29 heavy (non-hydrogen) atoms. The number of rotatable bonds is 2. The molecule has 156 valence electrons. The van der Waals surface area contributed by atoms with Crippen LogP contribution in [-0.2, 0) is 11.3 Å². The fraction of sp³-hybridized carbons (Fsp3) is 0.654. The summed E-state index contributed by atoms with van der Waals surface area (Å²) in [7, 11) is 2.18. The predicted molar refractivity (Wildman–Crippen MR) is 118 cm³/mol. The molecule has 0 aromatic heterocycles. The molecule has 3 aliphatic carbocycles. The molecule has 0 saturated heterocycles. The van der Waals surface area contributed by atoms with E-state index in [1.165, 1.54) is 44.1 Å². The van der Waals surface area contributed by atoms with Gasteiger partial charge < -0.3 is 0 Å². The van der Waals surface area contributed by atoms with Crippen molar-refractivity contribution in [2.45, 2.75) is 71.4 Å². The quantitative estimate of drug-likeness (QED) is 0.514. The molecular formula is C26H35ClNO+. The highest BCUT2D eigenvalue weighted by Gasteiger charge is 2.62. The summed E-state index contributed by atoms with van der Waals surface area (Å²) < 4.78 is 0.499. The first-order chi connectivity index (χ1) is 13.8. The summed E-state index contributed by atoms with van der Waals surface area (Å²) in [6.07, 6.45) is 13.7. The highest BCUT2D eigenvalue weighted by Crippen LogP contribution is 2.64. The second kappa shape index (κ2) is 6.69. The average molecular weight is 413 g/mol. The third-order valence-corrected chi connectivity index (χ3v) is 9.92. The van der Waals surface area contributed by atoms with Gasteiger partial charge in [-0.25, -0.2) is 4.79 Å². The maximum atomic E-state index is 13.2. The summed E-state index contributed by atoms with van der Waals surface area (Å²) in [5, 5.41) is 0.758. The Hall–Kier alpha value is -1.12. The minimum Gasteiger partial charge on any atom is -0.252 e. The Kier molecular flexibility index (Phi) is 4.57. The van der Waals surface area contributed by atoms with E-state index in [1.807, 2.05) is 24.3 Å². The molecule has 0 spiro atoms. The molecule has 3 heteroatoms. The molecule has 0 bridgehead atoms. The molecular weight excluding hydrogens is 378 g/mol. The summed E-state index contributed by atoms with van der Waals surface area (Å²) in [6, 6.07) is 8.44. The number of benzene rings is 1. The highest BCUT2D eigenvalue weighted by molar-refractivity contribution is 6.30. The van der Waals surface area contributed by atoms with E-state index in [0.29, 0.717) is 15.9 Å². The lowest BCUT2D eigenvalue weighted by Crippen LogP contribution is -2.67. The van der Waals surface area contributed by atoms with Crippen molar-refractivity contribution in [1.29, 1.82) is 0 Å². The fourth-order valence-electron chi connectivity index (χ4n) is 8.27. The molecule has 1 aromatic rings. The van der Waals surface area contributed by atoms with Gasteiger partial charge in [0.15, 0.2) is 0 Å². The smallest absolute Gasteiger partial charge is 0.252 e. The van der Waals surface area contributed by atoms with Crippen LogP contribution in [0.3, 0.4) is 0 Å². The second-order valence-corrected chi connectivity index (χ2v) is 11.6. The van der Waals surface area contributed by atoms with Crippen molar-refractivity contribution in [2.24, 2.45) is 28.6 Å². The second-order valence-electron chi connectivity index (χ2n) is 11.1. The number of hydrogen-bond acceptors (Lipinski definition) is 1. The highest BCUT2D eigenvalue weighted by atomic mass is 35.5. The minimum absolute atomic E-state index is 0.119. The van der Waals surface area contributed by atoms with Crippen molar-refractivity contribution in [3.05, 3.63) is 47.0 Å². The Morgan fingerprint density at radius 1 is 1.10 bits per heavy atom. The van der Waals surface area contributed by atoms with Crippen molar-refractivity contribution in [1.82, 2.24) is 0 Å². The number of carbonyl (C=O) groups excluding carboxylic acids is 1. The van der Waals surface area contributed by atoms with E-state index >= 15 is 0 Å². The zero-order valence-electron chi connectivity index (χ0n) is 18.2. The van der Waals surface area contributed by atoms with E-state index < -0.39 is 0 Å². The van der Waals surface area contributed by atoms with Crippen LogP contribution in [0.4, 0.5) is 0 Å². The van der Waals surface area contributed by atoms with Gasteiger partial charge in [-0.15, -0.1) is 0 Å². The van der Waals surface area contributed by atoms with E-state index in [9.17, 15) is 4.79 Å². The molecule has 1 aromatic carbocycles. The normalized spacial score (nSPS) is 46.1. The first kappa shape index (κ1) is 19.8.